The lowest BCUT2D eigenvalue weighted by Crippen LogP contribution is -2.43. The van der Waals surface area contributed by atoms with Crippen molar-refractivity contribution in [3.8, 4) is 33.9 Å². The number of carbonyl (C=O) groups excluding carboxylic acids is 1. The van der Waals surface area contributed by atoms with E-state index in [1.807, 2.05) is 24.3 Å². The molecule has 1 aliphatic rings. The fourth-order valence-corrected chi connectivity index (χ4v) is 3.94. The fraction of sp³-hybridized carbons (Fsp3) is 0.273. The Kier molecular flexibility index (Phi) is 5.86. The predicted octanol–water partition coefficient (Wildman–Crippen LogP) is 2.92. The number of phenolic OH excluding ortho intramolecular Hbond substituents is 2. The number of piperazine rings is 1. The monoisotopic (exact) mass is 442 g/mol. The highest BCUT2D eigenvalue weighted by molar-refractivity contribution is 6.32. The molecule has 1 amide bonds. The van der Waals surface area contributed by atoms with E-state index in [-0.39, 0.29) is 33.5 Å². The van der Waals surface area contributed by atoms with Crippen LogP contribution < -0.4 is 5.73 Å². The van der Waals surface area contributed by atoms with Gasteiger partial charge in [-0.15, -0.1) is 0 Å². The molecule has 9 heteroatoms. The lowest BCUT2D eigenvalue weighted by molar-refractivity contribution is 0.0992. The third kappa shape index (κ3) is 4.23. The van der Waals surface area contributed by atoms with Crippen LogP contribution in [0.5, 0.6) is 11.5 Å². The molecule has 1 aliphatic heterocycles. The Balaban J connectivity index is 1.83. The summed E-state index contributed by atoms with van der Waals surface area (Å²) in [5, 5.41) is 24.1. The maximum Gasteiger partial charge on any atom is 0.271 e. The van der Waals surface area contributed by atoms with Gasteiger partial charge >= 0.3 is 0 Å². The summed E-state index contributed by atoms with van der Waals surface area (Å²) in [7, 11) is 2.10. The van der Waals surface area contributed by atoms with Crippen LogP contribution in [0.15, 0.2) is 40.9 Å². The largest absolute Gasteiger partial charge is 0.507 e. The molecule has 0 radical (unpaired) electrons. The van der Waals surface area contributed by atoms with Crippen molar-refractivity contribution in [1.29, 1.82) is 0 Å². The smallest absolute Gasteiger partial charge is 0.271 e. The number of halogens is 1. The lowest BCUT2D eigenvalue weighted by Gasteiger charge is -2.32. The van der Waals surface area contributed by atoms with Crippen molar-refractivity contribution < 1.29 is 19.5 Å². The van der Waals surface area contributed by atoms with Crippen LogP contribution in [0.25, 0.3) is 22.5 Å². The number of carbonyl (C=O) groups is 1. The van der Waals surface area contributed by atoms with Gasteiger partial charge in [0.25, 0.3) is 5.91 Å². The third-order valence-electron chi connectivity index (χ3n) is 5.51. The SMILES string of the molecule is CN1CCN(Cc2ccccc2-c2c(C(N)=O)noc2-c2cc(Cl)c(O)cc2O)CC1. The first-order valence-corrected chi connectivity index (χ1v) is 10.2. The second-order valence-corrected chi connectivity index (χ2v) is 8.06. The van der Waals surface area contributed by atoms with Crippen molar-refractivity contribution in [3.63, 3.8) is 0 Å². The fourth-order valence-electron chi connectivity index (χ4n) is 3.77. The first-order chi connectivity index (χ1) is 14.8. The van der Waals surface area contributed by atoms with Gasteiger partial charge in [-0.05, 0) is 24.2 Å². The Labute approximate surface area is 184 Å². The quantitative estimate of drug-likeness (QED) is 0.556. The second-order valence-electron chi connectivity index (χ2n) is 7.66. The molecule has 0 aliphatic carbocycles. The molecule has 0 saturated carbocycles. The van der Waals surface area contributed by atoms with Gasteiger partial charge in [0.15, 0.2) is 11.5 Å². The molecule has 4 N–H and O–H groups in total. The van der Waals surface area contributed by atoms with Gasteiger partial charge in [-0.1, -0.05) is 41.0 Å². The van der Waals surface area contributed by atoms with Gasteiger partial charge in [-0.3, -0.25) is 9.69 Å². The molecule has 0 bridgehead atoms. The average molecular weight is 443 g/mol. The molecule has 8 nitrogen and oxygen atoms in total. The maximum atomic E-state index is 12.1. The number of rotatable bonds is 5. The third-order valence-corrected chi connectivity index (χ3v) is 5.81. The molecular formula is C22H23ClN4O4. The zero-order valence-electron chi connectivity index (χ0n) is 17.0. The minimum Gasteiger partial charge on any atom is -0.507 e. The van der Waals surface area contributed by atoms with Gasteiger partial charge < -0.3 is 25.4 Å². The first kappa shape index (κ1) is 21.2. The number of nitrogens with zero attached hydrogens (tertiary/aromatic N) is 3. The molecule has 0 spiro atoms. The Bertz CT molecular complexity index is 1120. The first-order valence-electron chi connectivity index (χ1n) is 9.85. The van der Waals surface area contributed by atoms with Crippen LogP contribution in [0.3, 0.4) is 0 Å². The van der Waals surface area contributed by atoms with Crippen molar-refractivity contribution in [3.05, 3.63) is 52.7 Å². The van der Waals surface area contributed by atoms with Gasteiger partial charge in [-0.25, -0.2) is 0 Å². The number of phenols is 2. The number of hydrogen-bond acceptors (Lipinski definition) is 7. The summed E-state index contributed by atoms with van der Waals surface area (Å²) in [6.07, 6.45) is 0. The average Bonchev–Trinajstić information content (AvgIpc) is 3.18. The molecular weight excluding hydrogens is 420 g/mol. The van der Waals surface area contributed by atoms with Crippen molar-refractivity contribution in [1.82, 2.24) is 15.0 Å². The van der Waals surface area contributed by atoms with Crippen molar-refractivity contribution >= 4 is 17.5 Å². The molecule has 2 aromatic carbocycles. The standard InChI is InChI=1S/C22H23ClN4O4/c1-26-6-8-27(9-7-26)12-13-4-2-3-5-14(13)19-20(22(24)30)25-31-21(19)15-10-16(23)18(29)11-17(15)28/h2-5,10-11,28-29H,6-9,12H2,1H3,(H2,24,30). The van der Waals surface area contributed by atoms with Crippen LogP contribution in [-0.2, 0) is 6.54 Å². The van der Waals surface area contributed by atoms with E-state index in [9.17, 15) is 15.0 Å². The molecule has 1 aromatic heterocycles. The van der Waals surface area contributed by atoms with Crippen LogP contribution in [0.1, 0.15) is 16.1 Å². The van der Waals surface area contributed by atoms with Gasteiger partial charge in [-0.2, -0.15) is 0 Å². The summed E-state index contributed by atoms with van der Waals surface area (Å²) in [6, 6.07) is 10.1. The molecule has 0 unspecified atom stereocenters. The molecule has 2 heterocycles. The zero-order chi connectivity index (χ0) is 22.1. The Hall–Kier alpha value is -3.07. The van der Waals surface area contributed by atoms with E-state index in [4.69, 9.17) is 21.9 Å². The molecule has 4 rings (SSSR count). The van der Waals surface area contributed by atoms with E-state index in [0.717, 1.165) is 43.4 Å². The molecule has 1 saturated heterocycles. The van der Waals surface area contributed by atoms with Crippen LogP contribution >= 0.6 is 11.6 Å². The topological polar surface area (TPSA) is 116 Å². The Morgan fingerprint density at radius 1 is 1.13 bits per heavy atom. The van der Waals surface area contributed by atoms with Crippen LogP contribution in [-0.4, -0.2) is 64.3 Å². The number of aromatic nitrogens is 1. The molecule has 162 valence electrons. The summed E-state index contributed by atoms with van der Waals surface area (Å²) in [4.78, 5) is 16.8. The number of amides is 1. The summed E-state index contributed by atoms with van der Waals surface area (Å²) >= 11 is 6.05. The Morgan fingerprint density at radius 2 is 1.84 bits per heavy atom. The van der Waals surface area contributed by atoms with Crippen LogP contribution in [0.2, 0.25) is 5.02 Å². The number of aromatic hydroxyl groups is 2. The number of likely N-dealkylation sites (N-methyl/N-ethyl adjacent to an activating group) is 1. The van der Waals surface area contributed by atoms with Gasteiger partial charge in [0.05, 0.1) is 16.1 Å². The normalized spacial score (nSPS) is 15.3. The lowest BCUT2D eigenvalue weighted by atomic mass is 9.94. The summed E-state index contributed by atoms with van der Waals surface area (Å²) in [5.74, 6) is -1.12. The van der Waals surface area contributed by atoms with E-state index in [0.29, 0.717) is 12.1 Å². The van der Waals surface area contributed by atoms with Crippen molar-refractivity contribution in [2.75, 3.05) is 33.2 Å². The number of benzene rings is 2. The van der Waals surface area contributed by atoms with Crippen LogP contribution in [0, 0.1) is 0 Å². The summed E-state index contributed by atoms with van der Waals surface area (Å²) in [6.45, 7) is 4.49. The van der Waals surface area contributed by atoms with E-state index in [2.05, 4.69) is 22.0 Å². The highest BCUT2D eigenvalue weighted by Crippen LogP contribution is 2.43. The number of nitrogens with two attached hydrogens (primary N) is 1. The van der Waals surface area contributed by atoms with Crippen molar-refractivity contribution in [2.45, 2.75) is 6.54 Å². The van der Waals surface area contributed by atoms with E-state index in [1.54, 1.807) is 0 Å². The zero-order valence-corrected chi connectivity index (χ0v) is 17.8. The Morgan fingerprint density at radius 3 is 2.55 bits per heavy atom. The van der Waals surface area contributed by atoms with Gasteiger partial charge in [0, 0.05) is 38.8 Å². The molecule has 0 atom stereocenters. The van der Waals surface area contributed by atoms with E-state index < -0.39 is 5.91 Å². The highest BCUT2D eigenvalue weighted by Gasteiger charge is 2.27. The predicted molar refractivity (Wildman–Crippen MR) is 117 cm³/mol. The number of primary amides is 1. The second kappa shape index (κ2) is 8.58. The minimum atomic E-state index is -0.747. The minimum absolute atomic E-state index is 0.0292. The van der Waals surface area contributed by atoms with Crippen molar-refractivity contribution in [2.24, 2.45) is 5.73 Å². The molecule has 3 aromatic rings. The highest BCUT2D eigenvalue weighted by atomic mass is 35.5. The molecule has 1 fully saturated rings. The van der Waals surface area contributed by atoms with E-state index in [1.165, 1.54) is 6.07 Å². The maximum absolute atomic E-state index is 12.1. The number of hydrogen-bond donors (Lipinski definition) is 3. The van der Waals surface area contributed by atoms with Gasteiger partial charge in [0.1, 0.15) is 11.5 Å². The van der Waals surface area contributed by atoms with Crippen LogP contribution in [0.4, 0.5) is 0 Å². The van der Waals surface area contributed by atoms with E-state index >= 15 is 0 Å². The summed E-state index contributed by atoms with van der Waals surface area (Å²) in [5.41, 5.74) is 7.83. The summed E-state index contributed by atoms with van der Waals surface area (Å²) < 4.78 is 5.46. The van der Waals surface area contributed by atoms with Gasteiger partial charge in [0.2, 0.25) is 0 Å². The molecule has 31 heavy (non-hydrogen) atoms.